The molecule has 4 nitrogen and oxygen atoms in total. The summed E-state index contributed by atoms with van der Waals surface area (Å²) in [6.45, 7) is 2.39. The lowest BCUT2D eigenvalue weighted by molar-refractivity contribution is 0.0600. The van der Waals surface area contributed by atoms with Gasteiger partial charge < -0.3 is 10.1 Å². The van der Waals surface area contributed by atoms with Gasteiger partial charge in [0.15, 0.2) is 0 Å². The minimum Gasteiger partial charge on any atom is -0.465 e. The maximum absolute atomic E-state index is 13.7. The fraction of sp³-hybridized carbons (Fsp3) is 0.200. The van der Waals surface area contributed by atoms with Crippen molar-refractivity contribution >= 4 is 11.7 Å². The van der Waals surface area contributed by atoms with Crippen molar-refractivity contribution in [3.8, 4) is 0 Å². The minimum absolute atomic E-state index is 0.260. The highest BCUT2D eigenvalue weighted by Gasteiger charge is 2.10. The Hall–Kier alpha value is -2.43. The Morgan fingerprint density at radius 1 is 1.40 bits per heavy atom. The molecular weight excluding hydrogens is 259 g/mol. The van der Waals surface area contributed by atoms with E-state index in [1.165, 1.54) is 25.3 Å². The van der Waals surface area contributed by atoms with Crippen LogP contribution in [0.1, 0.15) is 21.5 Å². The van der Waals surface area contributed by atoms with Gasteiger partial charge in [-0.2, -0.15) is 0 Å². The van der Waals surface area contributed by atoms with Gasteiger partial charge in [-0.1, -0.05) is 0 Å². The van der Waals surface area contributed by atoms with Crippen LogP contribution >= 0.6 is 0 Å². The number of benzene rings is 1. The highest BCUT2D eigenvalue weighted by Crippen LogP contribution is 2.18. The number of nitrogens with zero attached hydrogens (tertiary/aromatic N) is 1. The van der Waals surface area contributed by atoms with Crippen LogP contribution in [0, 0.1) is 12.7 Å². The topological polar surface area (TPSA) is 51.2 Å². The fourth-order valence-electron chi connectivity index (χ4n) is 1.78. The largest absolute Gasteiger partial charge is 0.465 e. The second-order valence-electron chi connectivity index (χ2n) is 4.34. The highest BCUT2D eigenvalue weighted by molar-refractivity contribution is 5.90. The number of pyridine rings is 1. The molecule has 1 N–H and O–H groups in total. The van der Waals surface area contributed by atoms with Crippen LogP contribution in [0.15, 0.2) is 36.7 Å². The molecular formula is C15H15FN2O2. The molecule has 0 unspecified atom stereocenters. The summed E-state index contributed by atoms with van der Waals surface area (Å²) in [5, 5.41) is 2.97. The Labute approximate surface area is 116 Å². The third-order valence-corrected chi connectivity index (χ3v) is 3.00. The summed E-state index contributed by atoms with van der Waals surface area (Å²) in [5.74, 6) is -0.912. The predicted molar refractivity (Wildman–Crippen MR) is 74.0 cm³/mol. The van der Waals surface area contributed by atoms with E-state index in [9.17, 15) is 9.18 Å². The maximum atomic E-state index is 13.7. The Morgan fingerprint density at radius 2 is 2.20 bits per heavy atom. The van der Waals surface area contributed by atoms with Crippen LogP contribution in [0.3, 0.4) is 0 Å². The van der Waals surface area contributed by atoms with Gasteiger partial charge in [0.1, 0.15) is 5.82 Å². The number of carbonyl (C=O) groups is 1. The summed E-state index contributed by atoms with van der Waals surface area (Å²) >= 11 is 0. The highest BCUT2D eigenvalue weighted by atomic mass is 19.1. The van der Waals surface area contributed by atoms with Gasteiger partial charge >= 0.3 is 5.97 Å². The summed E-state index contributed by atoms with van der Waals surface area (Å²) in [7, 11) is 1.29. The standard InChI is InChI=1S/C15H15FN2O2/c1-10-5-6-17-8-12(10)9-18-14-7-11(15(19)20-2)3-4-13(14)16/h3-8,18H,9H2,1-2H3. The molecule has 0 aliphatic heterocycles. The molecule has 1 aromatic heterocycles. The number of rotatable bonds is 4. The van der Waals surface area contributed by atoms with E-state index < -0.39 is 11.8 Å². The molecule has 0 radical (unpaired) electrons. The van der Waals surface area contributed by atoms with E-state index in [1.54, 1.807) is 12.4 Å². The van der Waals surface area contributed by atoms with E-state index in [0.29, 0.717) is 12.1 Å². The molecule has 0 fully saturated rings. The molecule has 0 saturated carbocycles. The van der Waals surface area contributed by atoms with E-state index in [-0.39, 0.29) is 5.69 Å². The Kier molecular flexibility index (Phi) is 4.30. The van der Waals surface area contributed by atoms with Crippen LogP contribution in [-0.4, -0.2) is 18.1 Å². The molecule has 1 heterocycles. The molecule has 104 valence electrons. The van der Waals surface area contributed by atoms with Gasteiger partial charge in [-0.3, -0.25) is 4.98 Å². The zero-order chi connectivity index (χ0) is 14.5. The molecule has 0 amide bonds. The van der Waals surface area contributed by atoms with Crippen LogP contribution in [0.4, 0.5) is 10.1 Å². The number of hydrogen-bond acceptors (Lipinski definition) is 4. The Bertz CT molecular complexity index is 629. The van der Waals surface area contributed by atoms with Gasteiger partial charge in [-0.05, 0) is 42.3 Å². The van der Waals surface area contributed by atoms with Gasteiger partial charge in [0.2, 0.25) is 0 Å². The molecule has 2 aromatic rings. The smallest absolute Gasteiger partial charge is 0.337 e. The molecule has 0 aliphatic rings. The average molecular weight is 274 g/mol. The molecule has 1 aromatic carbocycles. The van der Waals surface area contributed by atoms with Gasteiger partial charge in [0.05, 0.1) is 18.4 Å². The number of carbonyl (C=O) groups excluding carboxylic acids is 1. The molecule has 0 saturated heterocycles. The number of aromatic nitrogens is 1. The number of aryl methyl sites for hydroxylation is 1. The number of halogens is 1. The first-order valence-corrected chi connectivity index (χ1v) is 6.13. The van der Waals surface area contributed by atoms with Crippen molar-refractivity contribution in [2.45, 2.75) is 13.5 Å². The van der Waals surface area contributed by atoms with Crippen molar-refractivity contribution < 1.29 is 13.9 Å². The normalized spacial score (nSPS) is 10.2. The van der Waals surface area contributed by atoms with E-state index in [4.69, 9.17) is 0 Å². The van der Waals surface area contributed by atoms with Crippen LogP contribution in [0.2, 0.25) is 0 Å². The lowest BCUT2D eigenvalue weighted by atomic mass is 10.1. The summed E-state index contributed by atoms with van der Waals surface area (Å²) in [6, 6.07) is 5.96. The molecule has 20 heavy (non-hydrogen) atoms. The second kappa shape index (κ2) is 6.14. The zero-order valence-corrected chi connectivity index (χ0v) is 11.3. The van der Waals surface area contributed by atoms with Crippen molar-refractivity contribution in [2.75, 3.05) is 12.4 Å². The van der Waals surface area contributed by atoms with Crippen molar-refractivity contribution in [3.63, 3.8) is 0 Å². The van der Waals surface area contributed by atoms with E-state index in [0.717, 1.165) is 11.1 Å². The lowest BCUT2D eigenvalue weighted by Crippen LogP contribution is -2.06. The minimum atomic E-state index is -0.495. The van der Waals surface area contributed by atoms with E-state index in [2.05, 4.69) is 15.0 Å². The van der Waals surface area contributed by atoms with Crippen molar-refractivity contribution in [1.29, 1.82) is 0 Å². The number of ether oxygens (including phenoxy) is 1. The van der Waals surface area contributed by atoms with E-state index in [1.807, 2.05) is 13.0 Å². The molecule has 0 spiro atoms. The SMILES string of the molecule is COC(=O)c1ccc(F)c(NCc2cnccc2C)c1. The second-order valence-corrected chi connectivity index (χ2v) is 4.34. The van der Waals surface area contributed by atoms with Crippen molar-refractivity contribution in [3.05, 3.63) is 59.2 Å². The summed E-state index contributed by atoms with van der Waals surface area (Å²) in [6.07, 6.45) is 3.43. The number of anilines is 1. The first kappa shape index (κ1) is 14.0. The van der Waals surface area contributed by atoms with Gasteiger partial charge in [-0.25, -0.2) is 9.18 Å². The lowest BCUT2D eigenvalue weighted by Gasteiger charge is -2.10. The number of esters is 1. The molecule has 0 atom stereocenters. The van der Waals surface area contributed by atoms with Crippen LogP contribution in [0.25, 0.3) is 0 Å². The van der Waals surface area contributed by atoms with Crippen LogP contribution in [-0.2, 0) is 11.3 Å². The number of methoxy groups -OCH3 is 1. The first-order valence-electron chi connectivity index (χ1n) is 6.13. The Balaban J connectivity index is 2.17. The van der Waals surface area contributed by atoms with Gasteiger partial charge in [0.25, 0.3) is 0 Å². The summed E-state index contributed by atoms with van der Waals surface area (Å²) < 4.78 is 18.3. The maximum Gasteiger partial charge on any atom is 0.337 e. The summed E-state index contributed by atoms with van der Waals surface area (Å²) in [4.78, 5) is 15.5. The van der Waals surface area contributed by atoms with Crippen LogP contribution < -0.4 is 5.32 Å². The zero-order valence-electron chi connectivity index (χ0n) is 11.3. The summed E-state index contributed by atoms with van der Waals surface area (Å²) in [5.41, 5.74) is 2.60. The average Bonchev–Trinajstić information content (AvgIpc) is 2.47. The number of nitrogens with one attached hydrogen (secondary N) is 1. The van der Waals surface area contributed by atoms with Crippen molar-refractivity contribution in [1.82, 2.24) is 4.98 Å². The molecule has 0 bridgehead atoms. The van der Waals surface area contributed by atoms with Crippen LogP contribution in [0.5, 0.6) is 0 Å². The third kappa shape index (κ3) is 3.12. The van der Waals surface area contributed by atoms with Gasteiger partial charge in [-0.15, -0.1) is 0 Å². The first-order chi connectivity index (χ1) is 9.61. The predicted octanol–water partition coefficient (Wildman–Crippen LogP) is 2.93. The number of hydrogen-bond donors (Lipinski definition) is 1. The molecule has 2 rings (SSSR count). The Morgan fingerprint density at radius 3 is 2.90 bits per heavy atom. The van der Waals surface area contributed by atoms with Crippen molar-refractivity contribution in [2.24, 2.45) is 0 Å². The fourth-order valence-corrected chi connectivity index (χ4v) is 1.78. The molecule has 5 heteroatoms. The quantitative estimate of drug-likeness (QED) is 0.871. The third-order valence-electron chi connectivity index (χ3n) is 3.00. The van der Waals surface area contributed by atoms with E-state index >= 15 is 0 Å². The molecule has 0 aliphatic carbocycles. The monoisotopic (exact) mass is 274 g/mol. The van der Waals surface area contributed by atoms with Gasteiger partial charge in [0, 0.05) is 18.9 Å².